The van der Waals surface area contributed by atoms with Crippen LogP contribution in [0.5, 0.6) is 5.75 Å². The lowest BCUT2D eigenvalue weighted by Crippen LogP contribution is -2.26. The van der Waals surface area contributed by atoms with Crippen LogP contribution in [-0.4, -0.2) is 12.9 Å². The Morgan fingerprint density at radius 2 is 1.26 bits per heavy atom. The predicted octanol–water partition coefficient (Wildman–Crippen LogP) is 10.3. The van der Waals surface area contributed by atoms with Gasteiger partial charge >= 0.3 is 0 Å². The molecule has 1 unspecified atom stereocenters. The third kappa shape index (κ3) is 6.81. The number of ether oxygens (including phenoxy) is 2. The first-order valence-electron chi connectivity index (χ1n) is 14.4. The number of benzene rings is 4. The molecule has 1 saturated heterocycles. The van der Waals surface area contributed by atoms with Gasteiger partial charge < -0.3 is 9.47 Å². The summed E-state index contributed by atoms with van der Waals surface area (Å²) in [4.78, 5) is 0. The van der Waals surface area contributed by atoms with Gasteiger partial charge in [-0.2, -0.15) is 0 Å². The maximum Gasteiger partial charge on any atom is 0.199 e. The highest BCUT2D eigenvalue weighted by molar-refractivity contribution is 5.83. The average Bonchev–Trinajstić information content (AvgIpc) is 2.93. The van der Waals surface area contributed by atoms with Crippen LogP contribution in [-0.2, 0) is 10.2 Å². The molecule has 202 valence electrons. The lowest BCUT2D eigenvalue weighted by atomic mass is 9.72. The molecule has 5 rings (SSSR count). The van der Waals surface area contributed by atoms with Crippen molar-refractivity contribution < 1.29 is 9.47 Å². The summed E-state index contributed by atoms with van der Waals surface area (Å²) < 4.78 is 12.6. The van der Waals surface area contributed by atoms with E-state index in [-0.39, 0.29) is 17.1 Å². The van der Waals surface area contributed by atoms with Crippen molar-refractivity contribution in [2.75, 3.05) is 6.61 Å². The summed E-state index contributed by atoms with van der Waals surface area (Å²) in [6.07, 6.45) is 4.06. The zero-order valence-corrected chi connectivity index (χ0v) is 24.2. The van der Waals surface area contributed by atoms with Crippen molar-refractivity contribution in [3.05, 3.63) is 103 Å². The highest BCUT2D eigenvalue weighted by Crippen LogP contribution is 2.42. The molecule has 4 aromatic rings. The predicted molar refractivity (Wildman–Crippen MR) is 164 cm³/mol. The van der Waals surface area contributed by atoms with Crippen LogP contribution >= 0.6 is 0 Å². The number of rotatable bonds is 7. The van der Waals surface area contributed by atoms with Crippen LogP contribution in [0.4, 0.5) is 0 Å². The second-order valence-electron chi connectivity index (χ2n) is 12.8. The summed E-state index contributed by atoms with van der Waals surface area (Å²) in [5.74, 6) is 0.890. The Labute approximate surface area is 235 Å². The largest absolute Gasteiger partial charge is 0.464 e. The second-order valence-corrected chi connectivity index (χ2v) is 12.8. The molecule has 0 saturated carbocycles. The fourth-order valence-corrected chi connectivity index (χ4v) is 6.03. The van der Waals surface area contributed by atoms with E-state index in [1.54, 1.807) is 0 Å². The van der Waals surface area contributed by atoms with E-state index < -0.39 is 0 Å². The summed E-state index contributed by atoms with van der Waals surface area (Å²) in [5, 5.41) is 0. The second kappa shape index (κ2) is 11.4. The Bertz CT molecular complexity index is 1320. The SMILES string of the molecule is CC(C)(C)CC(C)(C)c1ccc(OC2CCCCO2)c(-c2cc(-c3ccccc3)cc(-c3ccccc3)c2)c1. The molecule has 39 heavy (non-hydrogen) atoms. The molecule has 4 aromatic carbocycles. The Hall–Kier alpha value is -3.36. The summed E-state index contributed by atoms with van der Waals surface area (Å²) in [6, 6.07) is 35.0. The Kier molecular flexibility index (Phi) is 7.96. The minimum atomic E-state index is -0.197. The molecule has 0 radical (unpaired) electrons. The van der Waals surface area contributed by atoms with E-state index in [1.807, 2.05) is 0 Å². The molecular formula is C37H42O2. The molecule has 2 nitrogen and oxygen atoms in total. The van der Waals surface area contributed by atoms with E-state index >= 15 is 0 Å². The van der Waals surface area contributed by atoms with Crippen LogP contribution in [0.15, 0.2) is 97.1 Å². The van der Waals surface area contributed by atoms with Crippen LogP contribution in [0.1, 0.15) is 65.9 Å². The maximum absolute atomic E-state index is 6.58. The van der Waals surface area contributed by atoms with Crippen molar-refractivity contribution in [1.29, 1.82) is 0 Å². The quantitative estimate of drug-likeness (QED) is 0.242. The molecule has 0 N–H and O–H groups in total. The van der Waals surface area contributed by atoms with Gasteiger partial charge in [-0.3, -0.25) is 0 Å². The van der Waals surface area contributed by atoms with Gasteiger partial charge in [0.25, 0.3) is 0 Å². The normalized spacial score (nSPS) is 16.2. The van der Waals surface area contributed by atoms with Crippen molar-refractivity contribution in [2.45, 2.75) is 72.0 Å². The standard InChI is InChI=1S/C37H42O2/c1-36(2,3)26-37(4,5)32-19-20-34(39-35-18-12-13-21-38-35)33(25-32)31-23-29(27-14-8-6-9-15-27)22-30(24-31)28-16-10-7-11-17-28/h6-11,14-17,19-20,22-25,35H,12-13,18,21,26H2,1-5H3. The van der Waals surface area contributed by atoms with E-state index in [4.69, 9.17) is 9.47 Å². The van der Waals surface area contributed by atoms with Gasteiger partial charge in [0, 0.05) is 12.0 Å². The van der Waals surface area contributed by atoms with Gasteiger partial charge in [0.2, 0.25) is 0 Å². The zero-order valence-electron chi connectivity index (χ0n) is 24.2. The van der Waals surface area contributed by atoms with Gasteiger partial charge in [0.15, 0.2) is 6.29 Å². The van der Waals surface area contributed by atoms with E-state index in [1.165, 1.54) is 27.8 Å². The van der Waals surface area contributed by atoms with Gasteiger partial charge in [-0.25, -0.2) is 0 Å². The zero-order chi connectivity index (χ0) is 27.5. The van der Waals surface area contributed by atoms with Crippen molar-refractivity contribution in [3.8, 4) is 39.1 Å². The highest BCUT2D eigenvalue weighted by atomic mass is 16.7. The van der Waals surface area contributed by atoms with Gasteiger partial charge in [-0.1, -0.05) is 101 Å². The third-order valence-corrected chi connectivity index (χ3v) is 7.59. The summed E-state index contributed by atoms with van der Waals surface area (Å²) in [6.45, 7) is 12.4. The summed E-state index contributed by atoms with van der Waals surface area (Å²) in [5.41, 5.74) is 8.67. The molecule has 0 aromatic heterocycles. The number of hydrogen-bond acceptors (Lipinski definition) is 2. The topological polar surface area (TPSA) is 18.5 Å². The van der Waals surface area contributed by atoms with Gasteiger partial charge in [0.1, 0.15) is 5.75 Å². The van der Waals surface area contributed by atoms with E-state index in [0.717, 1.165) is 49.2 Å². The average molecular weight is 519 g/mol. The van der Waals surface area contributed by atoms with Crippen molar-refractivity contribution >= 4 is 0 Å². The lowest BCUT2D eigenvalue weighted by molar-refractivity contribution is -0.105. The Morgan fingerprint density at radius 3 is 1.79 bits per heavy atom. The fraction of sp³-hybridized carbons (Fsp3) is 0.351. The van der Waals surface area contributed by atoms with E-state index in [0.29, 0.717) is 0 Å². The first kappa shape index (κ1) is 27.2. The molecule has 1 atom stereocenters. The molecule has 1 aliphatic rings. The Balaban J connectivity index is 1.67. The first-order chi connectivity index (χ1) is 18.7. The minimum absolute atomic E-state index is 0.0200. The van der Waals surface area contributed by atoms with Crippen molar-refractivity contribution in [2.24, 2.45) is 5.41 Å². The Morgan fingerprint density at radius 1 is 0.667 bits per heavy atom. The third-order valence-electron chi connectivity index (χ3n) is 7.59. The van der Waals surface area contributed by atoms with Crippen LogP contribution < -0.4 is 4.74 Å². The highest BCUT2D eigenvalue weighted by Gasteiger charge is 2.29. The molecule has 0 aliphatic carbocycles. The lowest BCUT2D eigenvalue weighted by Gasteiger charge is -2.34. The summed E-state index contributed by atoms with van der Waals surface area (Å²) in [7, 11) is 0. The van der Waals surface area contributed by atoms with Gasteiger partial charge in [-0.15, -0.1) is 0 Å². The van der Waals surface area contributed by atoms with Crippen LogP contribution in [0.2, 0.25) is 0 Å². The summed E-state index contributed by atoms with van der Waals surface area (Å²) >= 11 is 0. The smallest absolute Gasteiger partial charge is 0.199 e. The molecule has 0 spiro atoms. The molecule has 1 fully saturated rings. The molecule has 0 bridgehead atoms. The molecule has 0 amide bonds. The molecule has 1 heterocycles. The van der Waals surface area contributed by atoms with Crippen LogP contribution in [0, 0.1) is 5.41 Å². The van der Waals surface area contributed by atoms with Gasteiger partial charge in [-0.05, 0) is 93.8 Å². The van der Waals surface area contributed by atoms with Gasteiger partial charge in [0.05, 0.1) is 6.61 Å². The maximum atomic E-state index is 6.58. The first-order valence-corrected chi connectivity index (χ1v) is 14.4. The minimum Gasteiger partial charge on any atom is -0.464 e. The monoisotopic (exact) mass is 518 g/mol. The number of hydrogen-bond donors (Lipinski definition) is 0. The van der Waals surface area contributed by atoms with E-state index in [9.17, 15) is 0 Å². The molecular weight excluding hydrogens is 476 g/mol. The van der Waals surface area contributed by atoms with Crippen LogP contribution in [0.25, 0.3) is 33.4 Å². The van der Waals surface area contributed by atoms with Crippen molar-refractivity contribution in [1.82, 2.24) is 0 Å². The van der Waals surface area contributed by atoms with Crippen LogP contribution in [0.3, 0.4) is 0 Å². The fourth-order valence-electron chi connectivity index (χ4n) is 6.03. The van der Waals surface area contributed by atoms with E-state index in [2.05, 4.69) is 132 Å². The molecule has 2 heteroatoms. The molecule has 1 aliphatic heterocycles. The van der Waals surface area contributed by atoms with Crippen molar-refractivity contribution in [3.63, 3.8) is 0 Å².